The highest BCUT2D eigenvalue weighted by Crippen LogP contribution is 1.96. The molecule has 0 aromatic heterocycles. The molecule has 0 aliphatic carbocycles. The molecular formula is C4H3NO2. The molecular weight excluding hydrogens is 94.0 g/mol. The van der Waals surface area contributed by atoms with Crippen LogP contribution in [-0.4, -0.2) is 11.8 Å². The van der Waals surface area contributed by atoms with Crippen molar-refractivity contribution in [3.8, 4) is 0 Å². The summed E-state index contributed by atoms with van der Waals surface area (Å²) in [6.07, 6.45) is 1.46. The zero-order chi connectivity index (χ0) is 5.28. The van der Waals surface area contributed by atoms with Crippen LogP contribution in [0.1, 0.15) is 6.42 Å². The quantitative estimate of drug-likeness (QED) is 0.373. The van der Waals surface area contributed by atoms with Crippen molar-refractivity contribution in [2.45, 2.75) is 6.42 Å². The summed E-state index contributed by atoms with van der Waals surface area (Å²) in [5, 5.41) is 3.06. The molecule has 1 heterocycles. The van der Waals surface area contributed by atoms with Crippen LogP contribution in [0.2, 0.25) is 0 Å². The fraction of sp³-hybridized carbons (Fsp3) is 0.250. The largest absolute Gasteiger partial charge is 0.272 e. The van der Waals surface area contributed by atoms with E-state index in [-0.39, 0.29) is 12.3 Å². The first kappa shape index (κ1) is 4.30. The second-order valence-electron chi connectivity index (χ2n) is 1.25. The summed E-state index contributed by atoms with van der Waals surface area (Å²) in [5.41, 5.74) is 0. The summed E-state index contributed by atoms with van der Waals surface area (Å²) in [4.78, 5) is 20.0. The third-order valence-corrected chi connectivity index (χ3v) is 0.686. The Hall–Kier alpha value is -0.860. The van der Waals surface area contributed by atoms with Crippen molar-refractivity contribution in [3.63, 3.8) is 0 Å². The Balaban J connectivity index is 2.55. The summed E-state index contributed by atoms with van der Waals surface area (Å²) >= 11 is 0. The normalized spacial score (nSPS) is 20.0. The summed E-state index contributed by atoms with van der Waals surface area (Å²) in [7, 11) is 0. The van der Waals surface area contributed by atoms with Gasteiger partial charge in [-0.2, -0.15) is 5.32 Å². The second-order valence-corrected chi connectivity index (χ2v) is 1.25. The summed E-state index contributed by atoms with van der Waals surface area (Å²) in [6.45, 7) is 0. The zero-order valence-electron chi connectivity index (χ0n) is 3.55. The molecule has 3 heteroatoms. The molecule has 0 unspecified atom stereocenters. The lowest BCUT2D eigenvalue weighted by Crippen LogP contribution is -2.09. The highest BCUT2D eigenvalue weighted by atomic mass is 16.2. The minimum atomic E-state index is -0.398. The molecule has 1 aliphatic rings. The molecule has 1 fully saturated rings. The second kappa shape index (κ2) is 1.33. The van der Waals surface area contributed by atoms with Crippen LogP contribution < -0.4 is 5.32 Å². The van der Waals surface area contributed by atoms with Gasteiger partial charge in [0.05, 0.1) is 6.42 Å². The monoisotopic (exact) mass is 97.0 g/mol. The van der Waals surface area contributed by atoms with Crippen molar-refractivity contribution in [3.05, 3.63) is 6.42 Å². The lowest BCUT2D eigenvalue weighted by Gasteiger charge is -1.73. The molecule has 7 heavy (non-hydrogen) atoms. The van der Waals surface area contributed by atoms with Gasteiger partial charge in [0.15, 0.2) is 0 Å². The molecule has 0 bridgehead atoms. The zero-order valence-corrected chi connectivity index (χ0v) is 3.55. The Morgan fingerprint density at radius 2 is 2.29 bits per heavy atom. The number of imide groups is 1. The van der Waals surface area contributed by atoms with E-state index < -0.39 is 5.91 Å². The van der Waals surface area contributed by atoms with E-state index in [1.165, 1.54) is 6.42 Å². The third-order valence-electron chi connectivity index (χ3n) is 0.686. The van der Waals surface area contributed by atoms with E-state index in [1.807, 2.05) is 0 Å². The van der Waals surface area contributed by atoms with Crippen LogP contribution >= 0.6 is 0 Å². The van der Waals surface area contributed by atoms with Gasteiger partial charge in [0.1, 0.15) is 0 Å². The summed E-state index contributed by atoms with van der Waals surface area (Å²) in [6, 6.07) is 0. The molecule has 0 N–H and O–H groups in total. The van der Waals surface area contributed by atoms with Crippen molar-refractivity contribution in [1.29, 1.82) is 0 Å². The first-order valence-electron chi connectivity index (χ1n) is 1.91. The molecule has 2 radical (unpaired) electrons. The lowest BCUT2D eigenvalue weighted by molar-refractivity contribution is -0.124. The Morgan fingerprint density at radius 1 is 1.57 bits per heavy atom. The Bertz CT molecular complexity index is 105. The average Bonchev–Trinajstić information content (AvgIpc) is 1.87. The van der Waals surface area contributed by atoms with Crippen molar-refractivity contribution in [2.75, 3.05) is 0 Å². The van der Waals surface area contributed by atoms with Gasteiger partial charge in [-0.3, -0.25) is 9.59 Å². The minimum absolute atomic E-state index is 0.193. The van der Waals surface area contributed by atoms with Gasteiger partial charge < -0.3 is 0 Å². The summed E-state index contributed by atoms with van der Waals surface area (Å²) < 4.78 is 0. The highest BCUT2D eigenvalue weighted by molar-refractivity contribution is 6.07. The molecule has 1 saturated heterocycles. The fourth-order valence-corrected chi connectivity index (χ4v) is 0.389. The average molecular weight is 97.1 g/mol. The van der Waals surface area contributed by atoms with E-state index in [0.29, 0.717) is 0 Å². The molecule has 0 saturated carbocycles. The molecule has 0 atom stereocenters. The van der Waals surface area contributed by atoms with Crippen molar-refractivity contribution in [2.24, 2.45) is 0 Å². The molecule has 2 amide bonds. The van der Waals surface area contributed by atoms with Gasteiger partial charge in [-0.25, -0.2) is 0 Å². The van der Waals surface area contributed by atoms with E-state index in [2.05, 4.69) is 5.32 Å². The smallest absolute Gasteiger partial charge is 0.253 e. The maximum absolute atomic E-state index is 10.0. The molecule has 0 aromatic rings. The van der Waals surface area contributed by atoms with E-state index in [0.717, 1.165) is 0 Å². The molecule has 1 rings (SSSR count). The van der Waals surface area contributed by atoms with Crippen molar-refractivity contribution in [1.82, 2.24) is 5.32 Å². The first-order valence-corrected chi connectivity index (χ1v) is 1.91. The van der Waals surface area contributed by atoms with E-state index >= 15 is 0 Å². The van der Waals surface area contributed by atoms with Crippen LogP contribution in [0.5, 0.6) is 0 Å². The van der Waals surface area contributed by atoms with Crippen LogP contribution in [0.3, 0.4) is 0 Å². The van der Waals surface area contributed by atoms with E-state index in [9.17, 15) is 9.59 Å². The third kappa shape index (κ3) is 0.765. The minimum Gasteiger partial charge on any atom is -0.272 e. The number of hydrogen-bond acceptors (Lipinski definition) is 2. The van der Waals surface area contributed by atoms with Gasteiger partial charge in [0.2, 0.25) is 5.91 Å². The Labute approximate surface area is 40.7 Å². The van der Waals surface area contributed by atoms with Crippen LogP contribution in [0.25, 0.3) is 0 Å². The fourth-order valence-electron chi connectivity index (χ4n) is 0.389. The number of rotatable bonds is 0. The Morgan fingerprint density at radius 3 is 2.43 bits per heavy atom. The van der Waals surface area contributed by atoms with Gasteiger partial charge in [0, 0.05) is 6.42 Å². The van der Waals surface area contributed by atoms with Crippen LogP contribution in [0.4, 0.5) is 0 Å². The van der Waals surface area contributed by atoms with E-state index in [4.69, 9.17) is 0 Å². The molecule has 1 aliphatic heterocycles. The lowest BCUT2D eigenvalue weighted by atomic mass is 10.4. The highest BCUT2D eigenvalue weighted by Gasteiger charge is 2.19. The molecule has 0 aromatic carbocycles. The van der Waals surface area contributed by atoms with Crippen LogP contribution in [0, 0.1) is 6.42 Å². The molecule has 3 nitrogen and oxygen atoms in total. The van der Waals surface area contributed by atoms with Crippen LogP contribution in [-0.2, 0) is 9.59 Å². The maximum Gasteiger partial charge on any atom is 0.253 e. The number of carbonyl (C=O) groups excluding carboxylic acids is 2. The number of nitrogens with zero attached hydrogens (tertiary/aromatic N) is 1. The predicted molar refractivity (Wildman–Crippen MR) is 21.1 cm³/mol. The van der Waals surface area contributed by atoms with Crippen LogP contribution in [0.15, 0.2) is 0 Å². The molecule has 0 spiro atoms. The number of carbonyl (C=O) groups is 2. The Kier molecular flexibility index (Phi) is 0.817. The van der Waals surface area contributed by atoms with Gasteiger partial charge >= 0.3 is 0 Å². The topological polar surface area (TPSA) is 48.2 Å². The first-order chi connectivity index (χ1) is 3.29. The number of amides is 2. The SMILES string of the molecule is O=C1[CH]CC(=O)[N]1. The van der Waals surface area contributed by atoms with E-state index in [1.54, 1.807) is 0 Å². The van der Waals surface area contributed by atoms with Gasteiger partial charge in [-0.15, -0.1) is 0 Å². The van der Waals surface area contributed by atoms with Crippen molar-refractivity contribution >= 4 is 11.8 Å². The van der Waals surface area contributed by atoms with Gasteiger partial charge in [-0.05, 0) is 0 Å². The maximum atomic E-state index is 10.0. The summed E-state index contributed by atoms with van der Waals surface area (Å²) in [5.74, 6) is -0.727. The number of hydrogen-bond donors (Lipinski definition) is 0. The van der Waals surface area contributed by atoms with Gasteiger partial charge in [-0.1, -0.05) is 0 Å². The standard InChI is InChI=1S/C4H3NO2/c6-3-1-2-4(7)5-3/h1H,2H2. The van der Waals surface area contributed by atoms with Crippen molar-refractivity contribution < 1.29 is 9.59 Å². The molecule has 36 valence electrons. The van der Waals surface area contributed by atoms with Gasteiger partial charge in [0.25, 0.3) is 5.91 Å². The predicted octanol–water partition coefficient (Wildman–Crippen LogP) is -0.748.